The van der Waals surface area contributed by atoms with Crippen molar-refractivity contribution >= 4 is 5.97 Å². The molecule has 0 N–H and O–H groups in total. The highest BCUT2D eigenvalue weighted by molar-refractivity contribution is 5.70. The lowest BCUT2D eigenvalue weighted by molar-refractivity contribution is -0.163. The van der Waals surface area contributed by atoms with Gasteiger partial charge in [0.25, 0.3) is 0 Å². The number of ether oxygens (including phenoxy) is 4. The minimum atomic E-state index is -0.822. The van der Waals surface area contributed by atoms with E-state index in [-0.39, 0.29) is 26.2 Å². The summed E-state index contributed by atoms with van der Waals surface area (Å²) in [5, 5.41) is 10.4. The van der Waals surface area contributed by atoms with Crippen LogP contribution in [0.1, 0.15) is 46.5 Å². The van der Waals surface area contributed by atoms with Crippen LogP contribution >= 0.6 is 0 Å². The molecule has 14 heteroatoms. The van der Waals surface area contributed by atoms with Gasteiger partial charge >= 0.3 is 5.97 Å². The third-order valence-electron chi connectivity index (χ3n) is 3.99. The van der Waals surface area contributed by atoms with Crippen molar-refractivity contribution in [3.05, 3.63) is 31.3 Å². The van der Waals surface area contributed by atoms with E-state index in [2.05, 4.69) is 30.1 Å². The number of carbonyl (C=O) groups is 1. The summed E-state index contributed by atoms with van der Waals surface area (Å²) in [7, 11) is 0. The number of carbonyl (C=O) groups excluding carboxylic acids is 1. The molecule has 0 aromatic carbocycles. The Balaban J connectivity index is 5.20. The van der Waals surface area contributed by atoms with Gasteiger partial charge in [-0.25, -0.2) is 0 Å². The number of hydrogen-bond acceptors (Lipinski definition) is 8. The minimum Gasteiger partial charge on any atom is -0.460 e. The van der Waals surface area contributed by atoms with Crippen LogP contribution in [-0.2, 0) is 23.7 Å². The molecule has 0 atom stereocenters. The van der Waals surface area contributed by atoms with Gasteiger partial charge in [0.1, 0.15) is 5.60 Å². The number of nitrogens with zero attached hydrogens (tertiary/aromatic N) is 9. The Labute approximate surface area is 193 Å². The van der Waals surface area contributed by atoms with Gasteiger partial charge < -0.3 is 18.9 Å². The van der Waals surface area contributed by atoms with Crippen molar-refractivity contribution in [2.45, 2.75) is 52.1 Å². The molecule has 0 saturated heterocycles. The van der Waals surface area contributed by atoms with Gasteiger partial charge in [-0.1, -0.05) is 15.3 Å². The van der Waals surface area contributed by atoms with E-state index in [4.69, 9.17) is 35.5 Å². The summed E-state index contributed by atoms with van der Waals surface area (Å²) in [5.41, 5.74) is 23.7. The molecule has 0 amide bonds. The van der Waals surface area contributed by atoms with Gasteiger partial charge in [0, 0.05) is 54.2 Å². The second kappa shape index (κ2) is 18.8. The largest absolute Gasteiger partial charge is 0.460 e. The van der Waals surface area contributed by atoms with Crippen molar-refractivity contribution in [3.63, 3.8) is 0 Å². The maximum atomic E-state index is 12.6. The van der Waals surface area contributed by atoms with E-state index < -0.39 is 17.0 Å². The molecule has 0 heterocycles. The second-order valence-corrected chi connectivity index (χ2v) is 8.35. The van der Waals surface area contributed by atoms with Gasteiger partial charge in [-0.3, -0.25) is 4.79 Å². The number of esters is 1. The Kier molecular flexibility index (Phi) is 17.3. The first kappa shape index (κ1) is 30.3. The summed E-state index contributed by atoms with van der Waals surface area (Å²) in [6.07, 6.45) is 1.61. The number of rotatable bonds is 20. The molecule has 0 aromatic rings. The van der Waals surface area contributed by atoms with Crippen LogP contribution in [0.15, 0.2) is 15.3 Å². The molecule has 0 saturated carbocycles. The zero-order valence-electron chi connectivity index (χ0n) is 19.8. The molecule has 33 heavy (non-hydrogen) atoms. The third-order valence-corrected chi connectivity index (χ3v) is 3.99. The van der Waals surface area contributed by atoms with Crippen molar-refractivity contribution in [2.24, 2.45) is 20.8 Å². The van der Waals surface area contributed by atoms with Crippen LogP contribution in [0.2, 0.25) is 0 Å². The lowest BCUT2D eigenvalue weighted by atomic mass is 9.86. The average Bonchev–Trinajstić information content (AvgIpc) is 2.74. The summed E-state index contributed by atoms with van der Waals surface area (Å²) in [6.45, 7) is 7.78. The molecule has 186 valence electrons. The van der Waals surface area contributed by atoms with E-state index in [9.17, 15) is 4.79 Å². The van der Waals surface area contributed by atoms with Gasteiger partial charge in [-0.2, -0.15) is 0 Å². The quantitative estimate of drug-likeness (QED) is 0.0803. The SMILES string of the molecule is CC(C)(C)OC(=O)CC(COCCCN=[N+]=[N-])(COCCCN=[N+]=[N-])COCCCN=[N+]=[N-]. The molecule has 0 aliphatic carbocycles. The van der Waals surface area contributed by atoms with Crippen molar-refractivity contribution < 1.29 is 23.7 Å². The van der Waals surface area contributed by atoms with Gasteiger partial charge in [-0.05, 0) is 56.6 Å². The van der Waals surface area contributed by atoms with Crippen molar-refractivity contribution in [1.29, 1.82) is 0 Å². The molecular formula is C19H35N9O5. The molecular weight excluding hydrogens is 434 g/mol. The molecule has 0 bridgehead atoms. The predicted molar refractivity (Wildman–Crippen MR) is 121 cm³/mol. The Morgan fingerprint density at radius 2 is 1.09 bits per heavy atom. The fourth-order valence-electron chi connectivity index (χ4n) is 2.67. The highest BCUT2D eigenvalue weighted by Crippen LogP contribution is 2.27. The molecule has 0 fully saturated rings. The van der Waals surface area contributed by atoms with Crippen LogP contribution in [0, 0.1) is 5.41 Å². The zero-order valence-corrected chi connectivity index (χ0v) is 19.8. The molecule has 0 spiro atoms. The maximum Gasteiger partial charge on any atom is 0.307 e. The molecule has 0 radical (unpaired) electrons. The average molecular weight is 470 g/mol. The topological polar surface area (TPSA) is 200 Å². The molecule has 0 unspecified atom stereocenters. The Morgan fingerprint density at radius 3 is 1.39 bits per heavy atom. The van der Waals surface area contributed by atoms with Crippen molar-refractivity contribution in [1.82, 2.24) is 0 Å². The van der Waals surface area contributed by atoms with Crippen LogP contribution in [-0.4, -0.2) is 70.8 Å². The van der Waals surface area contributed by atoms with Crippen LogP contribution in [0.5, 0.6) is 0 Å². The summed E-state index contributed by atoms with van der Waals surface area (Å²) in [4.78, 5) is 20.8. The summed E-state index contributed by atoms with van der Waals surface area (Å²) in [5.74, 6) is -0.407. The highest BCUT2D eigenvalue weighted by Gasteiger charge is 2.36. The first-order valence-electron chi connectivity index (χ1n) is 10.8. The minimum absolute atomic E-state index is 0.00726. The summed E-state index contributed by atoms with van der Waals surface area (Å²) >= 11 is 0. The van der Waals surface area contributed by atoms with Crippen molar-refractivity contribution in [3.8, 4) is 0 Å². The Hall–Kier alpha value is -2.72. The fraction of sp³-hybridized carbons (Fsp3) is 0.947. The summed E-state index contributed by atoms with van der Waals surface area (Å²) < 4.78 is 22.9. The molecule has 0 aromatic heterocycles. The van der Waals surface area contributed by atoms with Crippen LogP contribution in [0.4, 0.5) is 0 Å². The number of azide groups is 3. The highest BCUT2D eigenvalue weighted by atomic mass is 16.6. The summed E-state index contributed by atoms with van der Waals surface area (Å²) in [6, 6.07) is 0. The normalized spacial score (nSPS) is 12.6. The van der Waals surface area contributed by atoms with E-state index in [1.165, 1.54) is 0 Å². The van der Waals surface area contributed by atoms with E-state index in [0.717, 1.165) is 0 Å². The van der Waals surface area contributed by atoms with E-state index in [1.54, 1.807) is 20.8 Å². The standard InChI is InChI=1S/C19H35N9O5/c1-18(2,3)33-17(29)13-19(14-30-10-4-7-23-26-20,15-31-11-5-8-24-27-21)16-32-12-6-9-25-28-22/h4-16H2,1-3H3. The monoisotopic (exact) mass is 469 g/mol. The van der Waals surface area contributed by atoms with Gasteiger partial charge in [0.15, 0.2) is 0 Å². The first-order chi connectivity index (χ1) is 15.8. The zero-order chi connectivity index (χ0) is 24.8. The molecule has 0 rings (SSSR count). The van der Waals surface area contributed by atoms with E-state index in [1.807, 2.05) is 0 Å². The van der Waals surface area contributed by atoms with Crippen LogP contribution in [0.25, 0.3) is 31.3 Å². The smallest absolute Gasteiger partial charge is 0.307 e. The third kappa shape index (κ3) is 18.5. The van der Waals surface area contributed by atoms with Crippen molar-refractivity contribution in [2.75, 3.05) is 59.3 Å². The molecule has 0 aliphatic heterocycles. The Bertz CT molecular complexity index is 625. The van der Waals surface area contributed by atoms with Gasteiger partial charge in [-0.15, -0.1) is 0 Å². The van der Waals surface area contributed by atoms with Gasteiger partial charge in [0.05, 0.1) is 31.7 Å². The first-order valence-corrected chi connectivity index (χ1v) is 10.8. The lowest BCUT2D eigenvalue weighted by Gasteiger charge is -2.33. The maximum absolute atomic E-state index is 12.6. The second-order valence-electron chi connectivity index (χ2n) is 8.35. The molecule has 0 aliphatic rings. The van der Waals surface area contributed by atoms with E-state index >= 15 is 0 Å². The van der Waals surface area contributed by atoms with Gasteiger partial charge in [0.2, 0.25) is 0 Å². The number of hydrogen-bond donors (Lipinski definition) is 0. The Morgan fingerprint density at radius 1 is 0.727 bits per heavy atom. The van der Waals surface area contributed by atoms with E-state index in [0.29, 0.717) is 58.7 Å². The lowest BCUT2D eigenvalue weighted by Crippen LogP contribution is -2.41. The van der Waals surface area contributed by atoms with Crippen LogP contribution < -0.4 is 0 Å². The van der Waals surface area contributed by atoms with Crippen LogP contribution in [0.3, 0.4) is 0 Å². The predicted octanol–water partition coefficient (Wildman–Crippen LogP) is 4.86. The molecule has 14 nitrogen and oxygen atoms in total. The fourth-order valence-corrected chi connectivity index (χ4v) is 2.67.